The highest BCUT2D eigenvalue weighted by atomic mass is 31.2. The molecule has 11 nitrogen and oxygen atoms in total. The van der Waals surface area contributed by atoms with Gasteiger partial charge >= 0.3 is 13.5 Å². The number of anilines is 1. The maximum Gasteiger partial charge on any atom is 0.472 e. The van der Waals surface area contributed by atoms with Crippen LogP contribution in [-0.2, 0) is 25.4 Å². The second kappa shape index (κ2) is 6.26. The van der Waals surface area contributed by atoms with Crippen molar-refractivity contribution in [3.05, 3.63) is 16.7 Å². The fourth-order valence-electron chi connectivity index (χ4n) is 2.72. The number of ether oxygens (including phenoxy) is 1. The lowest BCUT2D eigenvalue weighted by Crippen LogP contribution is -2.39. The Morgan fingerprint density at radius 2 is 2.38 bits per heavy atom. The van der Waals surface area contributed by atoms with Gasteiger partial charge in [0.1, 0.15) is 0 Å². The van der Waals surface area contributed by atoms with Crippen LogP contribution >= 0.6 is 7.82 Å². The van der Waals surface area contributed by atoms with Gasteiger partial charge in [-0.3, -0.25) is 23.4 Å². The number of aryl methyl sites for hydroxylation is 1. The van der Waals surface area contributed by atoms with Crippen molar-refractivity contribution in [2.75, 3.05) is 19.5 Å². The summed E-state index contributed by atoms with van der Waals surface area (Å²) < 4.78 is 29.7. The van der Waals surface area contributed by atoms with E-state index in [1.54, 1.807) is 22.5 Å². The summed E-state index contributed by atoms with van der Waals surface area (Å²) in [6.45, 7) is -0.0698. The van der Waals surface area contributed by atoms with E-state index in [1.165, 1.54) is 0 Å². The van der Waals surface area contributed by atoms with E-state index in [1.807, 2.05) is 0 Å². The Kier molecular flexibility index (Phi) is 4.45. The summed E-state index contributed by atoms with van der Waals surface area (Å²) in [6.07, 6.45) is 2.21. The normalized spacial score (nSPS) is 23.6. The summed E-state index contributed by atoms with van der Waals surface area (Å²) in [4.78, 5) is 27.9. The number of fused-ring (bicyclic) bond motifs is 1. The van der Waals surface area contributed by atoms with Crippen molar-refractivity contribution < 1.29 is 27.8 Å². The predicted molar refractivity (Wildman–Crippen MR) is 81.9 cm³/mol. The Hall–Kier alpha value is -1.78. The average Bonchev–Trinajstić information content (AvgIpc) is 3.10. The molecule has 2 aromatic heterocycles. The van der Waals surface area contributed by atoms with Gasteiger partial charge in [-0.15, -0.1) is 0 Å². The topological polar surface area (TPSA) is 146 Å². The molecule has 1 saturated heterocycles. The lowest BCUT2D eigenvalue weighted by atomic mass is 10.2. The predicted octanol–water partition coefficient (Wildman–Crippen LogP) is -0.428. The largest absolute Gasteiger partial charge is 0.472 e. The number of aromatic nitrogens is 4. The number of nitrogens with two attached hydrogens (primary N) is 1. The van der Waals surface area contributed by atoms with Gasteiger partial charge in [0.25, 0.3) is 11.5 Å². The first kappa shape index (κ1) is 17.1. The highest BCUT2D eigenvalue weighted by Gasteiger charge is 2.34. The molecule has 12 heteroatoms. The van der Waals surface area contributed by atoms with Gasteiger partial charge in [0.05, 0.1) is 19.8 Å². The number of phosphoric ester groups is 1. The van der Waals surface area contributed by atoms with Crippen LogP contribution in [0.15, 0.2) is 11.1 Å². The second-order valence-electron chi connectivity index (χ2n) is 5.49. The number of nitrogen functional groups attached to an aromatic ring is 1. The molecule has 1 aliphatic heterocycles. The minimum atomic E-state index is -4.03. The fourth-order valence-corrected chi connectivity index (χ4v) is 3.18. The summed E-state index contributed by atoms with van der Waals surface area (Å²) in [6, 6.07) is 0. The van der Waals surface area contributed by atoms with E-state index in [0.717, 1.165) is 7.11 Å². The lowest BCUT2D eigenvalue weighted by molar-refractivity contribution is -0.739. The van der Waals surface area contributed by atoms with Gasteiger partial charge in [0, 0.05) is 13.5 Å². The number of imidazole rings is 1. The molecule has 0 bridgehead atoms. The lowest BCUT2D eigenvalue weighted by Gasteiger charge is -2.14. The van der Waals surface area contributed by atoms with Crippen LogP contribution in [-0.4, -0.2) is 39.2 Å². The van der Waals surface area contributed by atoms with E-state index in [0.29, 0.717) is 24.0 Å². The number of hydrogen-bond donors (Lipinski definition) is 3. The third kappa shape index (κ3) is 3.21. The number of hydrogen-bond acceptors (Lipinski definition) is 7. The molecule has 1 aliphatic rings. The quantitative estimate of drug-likeness (QED) is 0.481. The Labute approximate surface area is 136 Å². The van der Waals surface area contributed by atoms with Crippen LogP contribution in [0.1, 0.15) is 19.1 Å². The smallest absolute Gasteiger partial charge is 0.355 e. The highest BCUT2D eigenvalue weighted by molar-refractivity contribution is 7.47. The van der Waals surface area contributed by atoms with E-state index in [2.05, 4.69) is 14.5 Å². The molecule has 1 fully saturated rings. The van der Waals surface area contributed by atoms with Gasteiger partial charge in [0.2, 0.25) is 5.52 Å². The van der Waals surface area contributed by atoms with Gasteiger partial charge < -0.3 is 15.4 Å². The van der Waals surface area contributed by atoms with Crippen molar-refractivity contribution in [2.45, 2.75) is 25.2 Å². The summed E-state index contributed by atoms with van der Waals surface area (Å²) >= 11 is 0. The van der Waals surface area contributed by atoms with Gasteiger partial charge in [-0.25, -0.2) is 9.13 Å². The van der Waals surface area contributed by atoms with Crippen LogP contribution in [0.5, 0.6) is 0 Å². The summed E-state index contributed by atoms with van der Waals surface area (Å²) in [5.41, 5.74) is 6.07. The Morgan fingerprint density at radius 1 is 1.62 bits per heavy atom. The van der Waals surface area contributed by atoms with Crippen LogP contribution in [0, 0.1) is 0 Å². The second-order valence-corrected chi connectivity index (χ2v) is 7.05. The van der Waals surface area contributed by atoms with Gasteiger partial charge in [-0.05, 0) is 6.42 Å². The zero-order chi connectivity index (χ0) is 17.5. The Balaban J connectivity index is 1.80. The zero-order valence-corrected chi connectivity index (χ0v) is 14.1. The molecule has 2 aromatic rings. The Morgan fingerprint density at radius 3 is 3.08 bits per heavy atom. The molecular formula is C12H19N5O6P+. The number of aromatic amines is 1. The van der Waals surface area contributed by atoms with Crippen LogP contribution in [0.25, 0.3) is 11.2 Å². The monoisotopic (exact) mass is 360 g/mol. The van der Waals surface area contributed by atoms with E-state index in [-0.39, 0.29) is 30.4 Å². The van der Waals surface area contributed by atoms with E-state index in [4.69, 9.17) is 15.0 Å². The molecule has 3 atom stereocenters. The SMILES string of the molecule is COP(=O)(O)OCC1CCC([n+]2cn(C)c3c(=O)[nH]c(N)nc32)O1. The minimum absolute atomic E-state index is 0.0200. The first-order valence-electron chi connectivity index (χ1n) is 7.25. The van der Waals surface area contributed by atoms with Crippen LogP contribution in [0.2, 0.25) is 0 Å². The molecule has 4 N–H and O–H groups in total. The number of nitrogens with one attached hydrogen (secondary N) is 1. The maximum atomic E-state index is 12.0. The molecular weight excluding hydrogens is 341 g/mol. The summed E-state index contributed by atoms with van der Waals surface area (Å²) in [5, 5.41) is 0. The van der Waals surface area contributed by atoms with Crippen LogP contribution in [0.3, 0.4) is 0 Å². The average molecular weight is 360 g/mol. The van der Waals surface area contributed by atoms with Crippen molar-refractivity contribution in [1.29, 1.82) is 0 Å². The van der Waals surface area contributed by atoms with E-state index in [9.17, 15) is 14.3 Å². The van der Waals surface area contributed by atoms with Gasteiger partial charge in [-0.2, -0.15) is 0 Å². The van der Waals surface area contributed by atoms with Crippen molar-refractivity contribution in [3.8, 4) is 0 Å². The molecule has 132 valence electrons. The van der Waals surface area contributed by atoms with Crippen molar-refractivity contribution in [1.82, 2.24) is 14.5 Å². The molecule has 0 aromatic carbocycles. The van der Waals surface area contributed by atoms with Crippen LogP contribution in [0.4, 0.5) is 5.95 Å². The molecule has 24 heavy (non-hydrogen) atoms. The molecule has 3 heterocycles. The fraction of sp³-hybridized carbons (Fsp3) is 0.583. The number of nitrogens with zero attached hydrogens (tertiary/aromatic N) is 3. The molecule has 3 unspecified atom stereocenters. The van der Waals surface area contributed by atoms with Crippen molar-refractivity contribution >= 4 is 24.9 Å². The Bertz CT molecular complexity index is 863. The number of phosphoric acid groups is 1. The molecule has 0 amide bonds. The molecule has 0 aliphatic carbocycles. The van der Waals surface area contributed by atoms with E-state index >= 15 is 0 Å². The number of H-pyrrole nitrogens is 1. The van der Waals surface area contributed by atoms with E-state index < -0.39 is 7.82 Å². The van der Waals surface area contributed by atoms with Crippen LogP contribution < -0.4 is 15.9 Å². The molecule has 0 saturated carbocycles. The summed E-state index contributed by atoms with van der Waals surface area (Å²) in [5.74, 6) is 0.0200. The summed E-state index contributed by atoms with van der Waals surface area (Å²) in [7, 11) is -1.21. The van der Waals surface area contributed by atoms with Gasteiger partial charge in [0.15, 0.2) is 12.6 Å². The molecule has 0 spiro atoms. The number of rotatable bonds is 5. The standard InChI is InChI=1S/C12H18N5O6P/c1-16-6-17(10-9(16)11(18)15-12(13)14-10)8-4-3-7(23-8)5-22-24(19,20)21-2/h6-8H,3-5H2,1-2H3,(H3-,13,14,15,18,19,20)/p+1. The molecule has 0 radical (unpaired) electrons. The first-order valence-corrected chi connectivity index (χ1v) is 8.75. The van der Waals surface area contributed by atoms with Gasteiger partial charge in [-0.1, -0.05) is 4.98 Å². The van der Waals surface area contributed by atoms with Crippen molar-refractivity contribution in [3.63, 3.8) is 0 Å². The highest BCUT2D eigenvalue weighted by Crippen LogP contribution is 2.42. The third-order valence-electron chi connectivity index (χ3n) is 3.84. The third-order valence-corrected chi connectivity index (χ3v) is 4.78. The zero-order valence-electron chi connectivity index (χ0n) is 13.2. The minimum Gasteiger partial charge on any atom is -0.355 e. The first-order chi connectivity index (χ1) is 11.3. The maximum absolute atomic E-state index is 12.0. The van der Waals surface area contributed by atoms with Crippen molar-refractivity contribution in [2.24, 2.45) is 7.05 Å². The molecule has 3 rings (SSSR count).